The van der Waals surface area contributed by atoms with Crippen LogP contribution in [-0.2, 0) is 16.0 Å². The third-order valence-electron chi connectivity index (χ3n) is 4.29. The van der Waals surface area contributed by atoms with Crippen molar-refractivity contribution in [3.8, 4) is 0 Å². The van der Waals surface area contributed by atoms with Crippen molar-refractivity contribution in [3.63, 3.8) is 0 Å². The monoisotopic (exact) mass is 287 g/mol. The first kappa shape index (κ1) is 13.9. The second-order valence-corrected chi connectivity index (χ2v) is 5.73. The summed E-state index contributed by atoms with van der Waals surface area (Å²) in [5.74, 6) is -0.473. The number of hydrogen-bond acceptors (Lipinski definition) is 4. The van der Waals surface area contributed by atoms with E-state index in [1.54, 1.807) is 18.2 Å². The van der Waals surface area contributed by atoms with Gasteiger partial charge >= 0.3 is 0 Å². The highest BCUT2D eigenvalue weighted by molar-refractivity contribution is 6.11. The maximum atomic E-state index is 12.5. The maximum Gasteiger partial charge on any atom is 0.260 e. The number of Topliss-reactive ketones (excluding diaryl/α,β-unsaturated/α-hetero) is 1. The lowest BCUT2D eigenvalue weighted by Gasteiger charge is -2.23. The van der Waals surface area contributed by atoms with Gasteiger partial charge in [-0.2, -0.15) is 0 Å². The Balaban J connectivity index is 1.94. The van der Waals surface area contributed by atoms with Gasteiger partial charge in [0.05, 0.1) is 6.42 Å². The van der Waals surface area contributed by atoms with E-state index in [4.69, 9.17) is 4.74 Å². The van der Waals surface area contributed by atoms with Crippen LogP contribution in [0.1, 0.15) is 39.6 Å². The van der Waals surface area contributed by atoms with E-state index in [1.165, 1.54) is 7.05 Å². The summed E-state index contributed by atoms with van der Waals surface area (Å²) in [6.07, 6.45) is 0.640. The molecule has 0 spiro atoms. The number of imide groups is 1. The largest absolute Gasteiger partial charge is 0.370 e. The van der Waals surface area contributed by atoms with Gasteiger partial charge < -0.3 is 4.74 Å². The van der Waals surface area contributed by atoms with Gasteiger partial charge in [0.25, 0.3) is 5.91 Å². The standard InChI is InChI=1S/C16H17NO4/c1-9-5-6-21-15(9)14(19)11-4-3-10-8-13(18)17(2)16(20)12(10)7-11/h3-4,7,9,15H,5-6,8H2,1-2H3. The lowest BCUT2D eigenvalue weighted by molar-refractivity contribution is -0.127. The number of likely N-dealkylation sites (N-methyl/N-ethyl adjacent to an activating group) is 1. The number of benzene rings is 1. The summed E-state index contributed by atoms with van der Waals surface area (Å²) in [7, 11) is 1.46. The first-order valence-electron chi connectivity index (χ1n) is 7.08. The predicted molar refractivity (Wildman–Crippen MR) is 75.1 cm³/mol. The Kier molecular flexibility index (Phi) is 3.37. The average molecular weight is 287 g/mol. The Morgan fingerprint density at radius 1 is 1.33 bits per heavy atom. The van der Waals surface area contributed by atoms with Crippen LogP contribution in [0.3, 0.4) is 0 Å². The summed E-state index contributed by atoms with van der Waals surface area (Å²) < 4.78 is 5.49. The average Bonchev–Trinajstić information content (AvgIpc) is 2.90. The van der Waals surface area contributed by atoms with Crippen LogP contribution in [0, 0.1) is 5.92 Å². The highest BCUT2D eigenvalue weighted by Crippen LogP contribution is 2.26. The van der Waals surface area contributed by atoms with Gasteiger partial charge in [-0.25, -0.2) is 0 Å². The third kappa shape index (κ3) is 2.27. The third-order valence-corrected chi connectivity index (χ3v) is 4.29. The molecule has 2 unspecified atom stereocenters. The Morgan fingerprint density at radius 2 is 2.10 bits per heavy atom. The molecule has 1 aromatic rings. The first-order chi connectivity index (χ1) is 9.99. The van der Waals surface area contributed by atoms with Crippen molar-refractivity contribution < 1.29 is 19.1 Å². The molecule has 2 aliphatic heterocycles. The van der Waals surface area contributed by atoms with E-state index in [9.17, 15) is 14.4 Å². The number of amides is 2. The van der Waals surface area contributed by atoms with E-state index in [0.29, 0.717) is 23.3 Å². The molecule has 0 bridgehead atoms. The molecule has 1 saturated heterocycles. The first-order valence-corrected chi connectivity index (χ1v) is 7.08. The Hall–Kier alpha value is -2.01. The van der Waals surface area contributed by atoms with Crippen molar-refractivity contribution in [1.29, 1.82) is 0 Å². The molecule has 0 aromatic heterocycles. The topological polar surface area (TPSA) is 63.7 Å². The Bertz CT molecular complexity index is 637. The quantitative estimate of drug-likeness (QED) is 0.610. The van der Waals surface area contributed by atoms with Gasteiger partial charge in [0.1, 0.15) is 6.10 Å². The van der Waals surface area contributed by atoms with E-state index in [2.05, 4.69) is 0 Å². The van der Waals surface area contributed by atoms with E-state index < -0.39 is 6.10 Å². The maximum absolute atomic E-state index is 12.5. The Morgan fingerprint density at radius 3 is 2.76 bits per heavy atom. The van der Waals surface area contributed by atoms with Crippen molar-refractivity contribution in [2.24, 2.45) is 5.92 Å². The van der Waals surface area contributed by atoms with Gasteiger partial charge in [-0.15, -0.1) is 0 Å². The molecule has 110 valence electrons. The van der Waals surface area contributed by atoms with Crippen LogP contribution in [0.5, 0.6) is 0 Å². The van der Waals surface area contributed by atoms with Gasteiger partial charge in [-0.05, 0) is 24.0 Å². The van der Waals surface area contributed by atoms with Crippen molar-refractivity contribution >= 4 is 17.6 Å². The van der Waals surface area contributed by atoms with Crippen LogP contribution < -0.4 is 0 Å². The summed E-state index contributed by atoms with van der Waals surface area (Å²) in [5.41, 5.74) is 1.59. The van der Waals surface area contributed by atoms with Gasteiger partial charge in [0.15, 0.2) is 5.78 Å². The highest BCUT2D eigenvalue weighted by atomic mass is 16.5. The van der Waals surface area contributed by atoms with Crippen LogP contribution in [0.25, 0.3) is 0 Å². The van der Waals surface area contributed by atoms with E-state index in [0.717, 1.165) is 11.3 Å². The zero-order valence-electron chi connectivity index (χ0n) is 12.1. The number of ketones is 1. The molecule has 21 heavy (non-hydrogen) atoms. The fourth-order valence-electron chi connectivity index (χ4n) is 2.85. The molecule has 5 heteroatoms. The molecule has 1 aromatic carbocycles. The van der Waals surface area contributed by atoms with Crippen LogP contribution >= 0.6 is 0 Å². The number of carbonyl (C=O) groups excluding carboxylic acids is 3. The zero-order chi connectivity index (χ0) is 15.1. The van der Waals surface area contributed by atoms with Gasteiger partial charge in [-0.1, -0.05) is 19.1 Å². The molecule has 0 saturated carbocycles. The smallest absolute Gasteiger partial charge is 0.260 e. The lowest BCUT2D eigenvalue weighted by Crippen LogP contribution is -2.39. The number of fused-ring (bicyclic) bond motifs is 1. The second kappa shape index (κ2) is 5.07. The van der Waals surface area contributed by atoms with Crippen molar-refractivity contribution in [3.05, 3.63) is 34.9 Å². The normalized spacial score (nSPS) is 25.1. The number of ether oxygens (including phenoxy) is 1. The summed E-state index contributed by atoms with van der Waals surface area (Å²) in [5, 5.41) is 0. The summed E-state index contributed by atoms with van der Waals surface area (Å²) in [4.78, 5) is 37.4. The molecule has 2 atom stereocenters. The Labute approximate surface area is 122 Å². The summed E-state index contributed by atoms with van der Waals surface area (Å²) in [6, 6.07) is 4.98. The number of rotatable bonds is 2. The number of hydrogen-bond donors (Lipinski definition) is 0. The molecule has 1 fully saturated rings. The predicted octanol–water partition coefficient (Wildman–Crippen LogP) is 1.45. The van der Waals surface area contributed by atoms with Gasteiger partial charge in [0.2, 0.25) is 5.91 Å². The van der Waals surface area contributed by atoms with Gasteiger partial charge in [0, 0.05) is 24.8 Å². The minimum Gasteiger partial charge on any atom is -0.370 e. The molecule has 2 amide bonds. The minimum atomic E-state index is -0.430. The van der Waals surface area contributed by atoms with Crippen LogP contribution in [-0.4, -0.2) is 42.3 Å². The van der Waals surface area contributed by atoms with E-state index in [1.807, 2.05) is 6.92 Å². The van der Waals surface area contributed by atoms with Crippen molar-refractivity contribution in [2.45, 2.75) is 25.9 Å². The fourth-order valence-corrected chi connectivity index (χ4v) is 2.85. The second-order valence-electron chi connectivity index (χ2n) is 5.73. The number of carbonyl (C=O) groups is 3. The zero-order valence-corrected chi connectivity index (χ0v) is 12.1. The van der Waals surface area contributed by atoms with E-state index >= 15 is 0 Å². The van der Waals surface area contributed by atoms with E-state index in [-0.39, 0.29) is 29.9 Å². The molecule has 3 rings (SSSR count). The SMILES string of the molecule is CC1CCOC1C(=O)c1ccc2c(c1)C(=O)N(C)C(=O)C2. The van der Waals surface area contributed by atoms with Crippen LogP contribution in [0.15, 0.2) is 18.2 Å². The summed E-state index contributed by atoms with van der Waals surface area (Å²) >= 11 is 0. The fraction of sp³-hybridized carbons (Fsp3) is 0.438. The van der Waals surface area contributed by atoms with Crippen molar-refractivity contribution in [1.82, 2.24) is 4.90 Å². The summed E-state index contributed by atoms with van der Waals surface area (Å²) in [6.45, 7) is 2.59. The highest BCUT2D eigenvalue weighted by Gasteiger charge is 2.33. The van der Waals surface area contributed by atoms with Gasteiger partial charge in [-0.3, -0.25) is 19.3 Å². The molecule has 2 aliphatic rings. The number of nitrogens with zero attached hydrogens (tertiary/aromatic N) is 1. The molecule has 2 heterocycles. The van der Waals surface area contributed by atoms with Crippen LogP contribution in [0.4, 0.5) is 0 Å². The molecular formula is C16H17NO4. The van der Waals surface area contributed by atoms with Crippen LogP contribution in [0.2, 0.25) is 0 Å². The molecule has 5 nitrogen and oxygen atoms in total. The lowest BCUT2D eigenvalue weighted by atomic mass is 9.91. The van der Waals surface area contributed by atoms with Crippen molar-refractivity contribution in [2.75, 3.05) is 13.7 Å². The molecule has 0 aliphatic carbocycles. The molecule has 0 radical (unpaired) electrons. The molecule has 0 N–H and O–H groups in total. The minimum absolute atomic E-state index is 0.0878. The molecular weight excluding hydrogens is 270 g/mol.